The van der Waals surface area contributed by atoms with E-state index < -0.39 is 11.4 Å². The summed E-state index contributed by atoms with van der Waals surface area (Å²) in [5, 5.41) is 34.5. The van der Waals surface area contributed by atoms with Crippen molar-refractivity contribution >= 4 is 5.97 Å². The van der Waals surface area contributed by atoms with Gasteiger partial charge >= 0.3 is 5.97 Å². The lowest BCUT2D eigenvalue weighted by Crippen LogP contribution is -2.32. The number of carbonyl (C=O) groups is 1. The molecule has 4 N–H and O–H groups in total. The van der Waals surface area contributed by atoms with Crippen molar-refractivity contribution in [1.29, 1.82) is 0 Å². The van der Waals surface area contributed by atoms with Crippen molar-refractivity contribution < 1.29 is 25.2 Å². The number of aliphatic hydroxyl groups excluding tert-OH is 3. The average molecular weight is 489 g/mol. The fourth-order valence-corrected chi connectivity index (χ4v) is 4.02. The van der Waals surface area contributed by atoms with Crippen LogP contribution in [-0.2, 0) is 4.79 Å². The van der Waals surface area contributed by atoms with Crippen LogP contribution in [-0.4, -0.2) is 46.2 Å². The molecule has 34 heavy (non-hydrogen) atoms. The molecule has 0 aromatic carbocycles. The van der Waals surface area contributed by atoms with Gasteiger partial charge in [0.25, 0.3) is 0 Å². The molecule has 0 amide bonds. The van der Waals surface area contributed by atoms with Gasteiger partial charge in [-0.25, -0.2) is 0 Å². The van der Waals surface area contributed by atoms with Crippen molar-refractivity contribution in [2.24, 2.45) is 5.41 Å². The van der Waals surface area contributed by atoms with Gasteiger partial charge in [-0.2, -0.15) is 0 Å². The quantitative estimate of drug-likeness (QED) is 0.0989. The monoisotopic (exact) mass is 488 g/mol. The summed E-state index contributed by atoms with van der Waals surface area (Å²) in [4.78, 5) is 10.4. The second kappa shape index (κ2) is 28.6. The maximum Gasteiger partial charge on any atom is 0.303 e. The zero-order chi connectivity index (χ0) is 25.8. The minimum absolute atomic E-state index is 0.156. The van der Waals surface area contributed by atoms with Crippen LogP contribution in [0.25, 0.3) is 0 Å². The van der Waals surface area contributed by atoms with Crippen LogP contribution in [0.4, 0.5) is 0 Å². The van der Waals surface area contributed by atoms with Gasteiger partial charge < -0.3 is 20.4 Å². The van der Waals surface area contributed by atoms with Gasteiger partial charge in [0.05, 0.1) is 19.8 Å². The summed E-state index contributed by atoms with van der Waals surface area (Å²) in [7, 11) is 0. The number of carboxylic acids is 1. The molecule has 0 aromatic heterocycles. The maximum absolute atomic E-state index is 10.4. The Morgan fingerprint density at radius 1 is 0.500 bits per heavy atom. The first kappa shape index (κ1) is 35.5. The van der Waals surface area contributed by atoms with E-state index in [0.717, 1.165) is 12.8 Å². The Bertz CT molecular complexity index is 378. The third-order valence-electron chi connectivity index (χ3n) is 7.00. The lowest BCUT2D eigenvalue weighted by atomic mass is 9.88. The summed E-state index contributed by atoms with van der Waals surface area (Å²) in [6.07, 6.45) is 28.2. The van der Waals surface area contributed by atoms with Crippen LogP contribution in [0.1, 0.15) is 155 Å². The van der Waals surface area contributed by atoms with Crippen LogP contribution in [0, 0.1) is 5.41 Å². The predicted molar refractivity (Wildman–Crippen MR) is 144 cm³/mol. The number of carboxylic acid groups (broad SMARTS) is 1. The number of unbranched alkanes of at least 4 members (excludes halogenated alkanes) is 19. The predicted octanol–water partition coefficient (Wildman–Crippen LogP) is 7.64. The summed E-state index contributed by atoms with van der Waals surface area (Å²) in [6, 6.07) is 0. The molecule has 0 aliphatic rings. The Hall–Kier alpha value is -0.650. The number of hydrogen-bond donors (Lipinski definition) is 4. The van der Waals surface area contributed by atoms with E-state index in [1.807, 2.05) is 6.92 Å². The Labute approximate surface area is 211 Å². The molecule has 5 heteroatoms. The molecule has 0 aromatic rings. The minimum atomic E-state index is -0.667. The number of hydrogen-bond acceptors (Lipinski definition) is 4. The highest BCUT2D eigenvalue weighted by Gasteiger charge is 2.24. The second-order valence-corrected chi connectivity index (χ2v) is 10.2. The van der Waals surface area contributed by atoms with Gasteiger partial charge in [0.15, 0.2) is 0 Å². The molecular formula is C29H60O5. The van der Waals surface area contributed by atoms with Gasteiger partial charge in [-0.05, 0) is 12.8 Å². The van der Waals surface area contributed by atoms with Gasteiger partial charge in [-0.1, -0.05) is 136 Å². The Balaban J connectivity index is 0. The fourth-order valence-electron chi connectivity index (χ4n) is 4.02. The van der Waals surface area contributed by atoms with Crippen LogP contribution in [0.3, 0.4) is 0 Å². The minimum Gasteiger partial charge on any atom is -0.481 e. The third-order valence-corrected chi connectivity index (χ3v) is 7.00. The van der Waals surface area contributed by atoms with Crippen LogP contribution in [0.15, 0.2) is 0 Å². The Morgan fingerprint density at radius 3 is 0.941 bits per heavy atom. The molecular weight excluding hydrogens is 428 g/mol. The topological polar surface area (TPSA) is 98.0 Å². The highest BCUT2D eigenvalue weighted by molar-refractivity contribution is 5.66. The summed E-state index contributed by atoms with van der Waals surface area (Å²) >= 11 is 0. The normalized spacial score (nSPS) is 11.3. The molecule has 0 unspecified atom stereocenters. The van der Waals surface area contributed by atoms with E-state index in [2.05, 4.69) is 6.92 Å². The number of aliphatic carboxylic acids is 1. The van der Waals surface area contributed by atoms with E-state index >= 15 is 0 Å². The highest BCUT2D eigenvalue weighted by atomic mass is 16.4. The summed E-state index contributed by atoms with van der Waals surface area (Å²) in [5.41, 5.74) is -0.667. The second-order valence-electron chi connectivity index (χ2n) is 10.2. The first-order chi connectivity index (χ1) is 16.5. The van der Waals surface area contributed by atoms with Gasteiger partial charge in [-0.15, -0.1) is 0 Å². The van der Waals surface area contributed by atoms with Crippen LogP contribution in [0.2, 0.25) is 0 Å². The molecule has 0 saturated carbocycles. The molecule has 0 atom stereocenters. The van der Waals surface area contributed by atoms with E-state index in [1.54, 1.807) is 0 Å². The average Bonchev–Trinajstić information content (AvgIpc) is 2.85. The highest BCUT2D eigenvalue weighted by Crippen LogP contribution is 2.18. The maximum atomic E-state index is 10.4. The van der Waals surface area contributed by atoms with Crippen molar-refractivity contribution in [3.63, 3.8) is 0 Å². The van der Waals surface area contributed by atoms with Crippen molar-refractivity contribution in [3.05, 3.63) is 0 Å². The molecule has 0 bridgehead atoms. The molecule has 5 nitrogen and oxygen atoms in total. The molecule has 0 aliphatic carbocycles. The molecule has 0 radical (unpaired) electrons. The van der Waals surface area contributed by atoms with Crippen molar-refractivity contribution in [1.82, 2.24) is 0 Å². The Morgan fingerprint density at radius 2 is 0.765 bits per heavy atom. The molecule has 206 valence electrons. The molecule has 0 rings (SSSR count). The lowest BCUT2D eigenvalue weighted by molar-refractivity contribution is -0.137. The largest absolute Gasteiger partial charge is 0.481 e. The molecule has 0 spiro atoms. The third kappa shape index (κ3) is 26.0. The summed E-state index contributed by atoms with van der Waals surface area (Å²) in [6.45, 7) is 3.64. The molecule has 0 aliphatic heterocycles. The van der Waals surface area contributed by atoms with E-state index in [0.29, 0.717) is 12.8 Å². The zero-order valence-electron chi connectivity index (χ0n) is 22.9. The molecule has 0 saturated heterocycles. The van der Waals surface area contributed by atoms with Crippen LogP contribution >= 0.6 is 0 Å². The van der Waals surface area contributed by atoms with Crippen molar-refractivity contribution in [2.75, 3.05) is 19.8 Å². The van der Waals surface area contributed by atoms with Gasteiger partial charge in [0.2, 0.25) is 0 Å². The smallest absolute Gasteiger partial charge is 0.303 e. The number of rotatable bonds is 25. The molecule has 0 fully saturated rings. The van der Waals surface area contributed by atoms with Gasteiger partial charge in [0.1, 0.15) is 0 Å². The number of aliphatic hydroxyl groups is 3. The van der Waals surface area contributed by atoms with Crippen molar-refractivity contribution in [2.45, 2.75) is 155 Å². The van der Waals surface area contributed by atoms with Crippen molar-refractivity contribution in [3.8, 4) is 0 Å². The summed E-state index contributed by atoms with van der Waals surface area (Å²) < 4.78 is 0. The van der Waals surface area contributed by atoms with Gasteiger partial charge in [0, 0.05) is 11.8 Å². The SMILES string of the molecule is CCC(CO)(CO)CO.CCCCCCCCCCCCCCCCCCCCCCC(=O)O. The van der Waals surface area contributed by atoms with E-state index in [9.17, 15) is 4.79 Å². The first-order valence-electron chi connectivity index (χ1n) is 14.6. The zero-order valence-corrected chi connectivity index (χ0v) is 22.9. The summed E-state index contributed by atoms with van der Waals surface area (Å²) in [5.74, 6) is -0.651. The van der Waals surface area contributed by atoms with Crippen LogP contribution in [0.5, 0.6) is 0 Å². The van der Waals surface area contributed by atoms with Gasteiger partial charge in [-0.3, -0.25) is 4.79 Å². The molecule has 0 heterocycles. The first-order valence-corrected chi connectivity index (χ1v) is 14.6. The fraction of sp³-hybridized carbons (Fsp3) is 0.966. The van der Waals surface area contributed by atoms with E-state index in [4.69, 9.17) is 20.4 Å². The van der Waals surface area contributed by atoms with E-state index in [1.165, 1.54) is 116 Å². The lowest BCUT2D eigenvalue weighted by Gasteiger charge is -2.24. The van der Waals surface area contributed by atoms with Crippen LogP contribution < -0.4 is 0 Å². The van der Waals surface area contributed by atoms with E-state index in [-0.39, 0.29) is 19.8 Å². The Kier molecular flexibility index (Phi) is 29.9. The standard InChI is InChI=1S/C23H46O2.C6H14O3/c1-2-3-4-5-6-7-8-9-10-11-12-13-14-15-16-17-18-19-20-21-22-23(24)25;1-2-6(3-7,4-8)5-9/h2-22H2,1H3,(H,24,25);7-9H,2-5H2,1H3.